The van der Waals surface area contributed by atoms with Crippen molar-refractivity contribution in [3.63, 3.8) is 0 Å². The number of nitriles is 1. The lowest BCUT2D eigenvalue weighted by atomic mass is 10.0. The molecule has 0 saturated carbocycles. The van der Waals surface area contributed by atoms with Crippen LogP contribution in [-0.4, -0.2) is 21.4 Å². The van der Waals surface area contributed by atoms with E-state index < -0.39 is 26.1 Å². The van der Waals surface area contributed by atoms with Gasteiger partial charge in [-0.2, -0.15) is 5.26 Å². The summed E-state index contributed by atoms with van der Waals surface area (Å²) in [6, 6.07) is 13.8. The highest BCUT2D eigenvalue weighted by Crippen LogP contribution is 2.42. The number of hydrogen-bond donors (Lipinski definition) is 0. The summed E-state index contributed by atoms with van der Waals surface area (Å²) in [5.74, 6) is 0.168. The van der Waals surface area contributed by atoms with E-state index in [1.54, 1.807) is 25.1 Å². The molecule has 182 valence electrons. The number of non-ortho nitro benzene ring substituents is 2. The summed E-state index contributed by atoms with van der Waals surface area (Å²) in [6.45, 7) is 1.96. The second-order valence-electron chi connectivity index (χ2n) is 7.01. The zero-order valence-corrected chi connectivity index (χ0v) is 20.6. The third-order valence-electron chi connectivity index (χ3n) is 4.71. The standard InChI is InChI=1S/C23H15IN4O8/c1-2-35-22-11-14(9-16(13-25)15-3-5-17(6-4-15)26(29)30)10-19(24)23(22)36-21-8-7-18(27(31)32)12-20(21)28(33)34/h3-12H,2H2,1H3/b16-9+. The zero-order chi connectivity index (χ0) is 26.4. The predicted octanol–water partition coefficient (Wildman–Crippen LogP) is 6.27. The Morgan fingerprint density at radius 1 is 0.944 bits per heavy atom. The van der Waals surface area contributed by atoms with E-state index in [4.69, 9.17) is 9.47 Å². The Morgan fingerprint density at radius 3 is 2.14 bits per heavy atom. The number of nitro benzene ring substituents is 3. The molecule has 0 aliphatic rings. The van der Waals surface area contributed by atoms with Crippen LogP contribution in [0.3, 0.4) is 0 Å². The SMILES string of the molecule is CCOc1cc(/C=C(\C#N)c2ccc([N+](=O)[O-])cc2)cc(I)c1Oc1ccc([N+](=O)[O-])cc1[N+](=O)[O-]. The van der Waals surface area contributed by atoms with Gasteiger partial charge in [0.25, 0.3) is 11.4 Å². The molecule has 0 N–H and O–H groups in total. The van der Waals surface area contributed by atoms with Crippen LogP contribution in [0.1, 0.15) is 18.1 Å². The normalized spacial score (nSPS) is 10.9. The molecule has 0 aromatic heterocycles. The summed E-state index contributed by atoms with van der Waals surface area (Å²) >= 11 is 1.94. The molecule has 3 aromatic carbocycles. The maximum Gasteiger partial charge on any atom is 0.318 e. The van der Waals surface area contributed by atoms with Crippen LogP contribution in [0.2, 0.25) is 0 Å². The molecule has 13 heteroatoms. The average molecular weight is 602 g/mol. The molecule has 0 saturated heterocycles. The van der Waals surface area contributed by atoms with Gasteiger partial charge in [-0.25, -0.2) is 0 Å². The monoisotopic (exact) mass is 602 g/mol. The minimum absolute atomic E-state index is 0.106. The van der Waals surface area contributed by atoms with Gasteiger partial charge in [0.1, 0.15) is 0 Å². The van der Waals surface area contributed by atoms with Gasteiger partial charge < -0.3 is 9.47 Å². The lowest BCUT2D eigenvalue weighted by Crippen LogP contribution is -2.00. The minimum atomic E-state index is -0.782. The fourth-order valence-electron chi connectivity index (χ4n) is 3.10. The van der Waals surface area contributed by atoms with Crippen molar-refractivity contribution in [1.82, 2.24) is 0 Å². The van der Waals surface area contributed by atoms with Crippen molar-refractivity contribution in [3.8, 4) is 23.3 Å². The molecule has 0 spiro atoms. The molecule has 0 bridgehead atoms. The van der Waals surface area contributed by atoms with Crippen LogP contribution in [0.25, 0.3) is 11.6 Å². The van der Waals surface area contributed by atoms with E-state index in [0.717, 1.165) is 18.2 Å². The predicted molar refractivity (Wildman–Crippen MR) is 137 cm³/mol. The molecule has 0 unspecified atom stereocenters. The van der Waals surface area contributed by atoms with Crippen LogP contribution in [0, 0.1) is 45.2 Å². The van der Waals surface area contributed by atoms with Crippen LogP contribution in [0.4, 0.5) is 17.1 Å². The van der Waals surface area contributed by atoms with Gasteiger partial charge in [-0.15, -0.1) is 0 Å². The number of halogens is 1. The lowest BCUT2D eigenvalue weighted by Gasteiger charge is -2.15. The largest absolute Gasteiger partial charge is 0.490 e. The van der Waals surface area contributed by atoms with Gasteiger partial charge in [-0.05, 0) is 77.0 Å². The van der Waals surface area contributed by atoms with Gasteiger partial charge in [0.15, 0.2) is 11.5 Å². The molecular formula is C23H15IN4O8. The van der Waals surface area contributed by atoms with Crippen molar-refractivity contribution in [2.45, 2.75) is 6.92 Å². The Kier molecular flexibility index (Phi) is 8.12. The highest BCUT2D eigenvalue weighted by atomic mass is 127. The van der Waals surface area contributed by atoms with Crippen LogP contribution in [-0.2, 0) is 0 Å². The van der Waals surface area contributed by atoms with Crippen molar-refractivity contribution in [2.75, 3.05) is 6.61 Å². The van der Waals surface area contributed by atoms with E-state index in [0.29, 0.717) is 14.7 Å². The zero-order valence-electron chi connectivity index (χ0n) is 18.4. The third-order valence-corrected chi connectivity index (χ3v) is 5.52. The quantitative estimate of drug-likeness (QED) is 0.0899. The summed E-state index contributed by atoms with van der Waals surface area (Å²) in [5, 5.41) is 43.0. The lowest BCUT2D eigenvalue weighted by molar-refractivity contribution is -0.394. The molecule has 12 nitrogen and oxygen atoms in total. The average Bonchev–Trinajstić information content (AvgIpc) is 2.84. The number of rotatable bonds is 9. The second kappa shape index (κ2) is 11.2. The summed E-state index contributed by atoms with van der Waals surface area (Å²) in [5.41, 5.74) is 0.107. The highest BCUT2D eigenvalue weighted by molar-refractivity contribution is 14.1. The summed E-state index contributed by atoms with van der Waals surface area (Å²) in [6.07, 6.45) is 1.56. The van der Waals surface area contributed by atoms with Gasteiger partial charge in [-0.1, -0.05) is 0 Å². The van der Waals surface area contributed by atoms with Crippen LogP contribution < -0.4 is 9.47 Å². The molecular weight excluding hydrogens is 587 g/mol. The Bertz CT molecular complexity index is 1430. The Morgan fingerprint density at radius 2 is 1.58 bits per heavy atom. The van der Waals surface area contributed by atoms with Crippen molar-refractivity contribution < 1.29 is 24.2 Å². The molecule has 0 atom stereocenters. The maximum atomic E-state index is 11.5. The molecule has 0 fully saturated rings. The molecule has 0 amide bonds. The first-order chi connectivity index (χ1) is 17.1. The van der Waals surface area contributed by atoms with E-state index in [-0.39, 0.29) is 35.1 Å². The Hall–Kier alpha value is -4.58. The molecule has 3 rings (SSSR count). The molecule has 36 heavy (non-hydrogen) atoms. The van der Waals surface area contributed by atoms with Crippen LogP contribution in [0.5, 0.6) is 17.2 Å². The van der Waals surface area contributed by atoms with E-state index >= 15 is 0 Å². The second-order valence-corrected chi connectivity index (χ2v) is 8.17. The van der Waals surface area contributed by atoms with E-state index in [1.807, 2.05) is 22.6 Å². The van der Waals surface area contributed by atoms with Crippen molar-refractivity contribution >= 4 is 51.3 Å². The van der Waals surface area contributed by atoms with Crippen LogP contribution in [0.15, 0.2) is 54.6 Å². The molecule has 3 aromatic rings. The number of benzene rings is 3. The minimum Gasteiger partial charge on any atom is -0.490 e. The summed E-state index contributed by atoms with van der Waals surface area (Å²) in [4.78, 5) is 31.3. The number of ether oxygens (including phenoxy) is 2. The smallest absolute Gasteiger partial charge is 0.318 e. The maximum absolute atomic E-state index is 11.5. The van der Waals surface area contributed by atoms with Crippen LogP contribution >= 0.6 is 22.6 Å². The van der Waals surface area contributed by atoms with Gasteiger partial charge in [-0.3, -0.25) is 30.3 Å². The Labute approximate surface area is 217 Å². The number of nitrogens with zero attached hydrogens (tertiary/aromatic N) is 4. The third kappa shape index (κ3) is 5.91. The van der Waals surface area contributed by atoms with Gasteiger partial charge in [0.05, 0.1) is 42.7 Å². The first kappa shape index (κ1) is 26.0. The number of allylic oxidation sites excluding steroid dienone is 1. The first-order valence-corrected chi connectivity index (χ1v) is 11.2. The Balaban J connectivity index is 2.04. The van der Waals surface area contributed by atoms with E-state index in [9.17, 15) is 35.6 Å². The number of hydrogen-bond acceptors (Lipinski definition) is 9. The summed E-state index contributed by atoms with van der Waals surface area (Å²) < 4.78 is 11.9. The topological polar surface area (TPSA) is 172 Å². The van der Waals surface area contributed by atoms with Crippen molar-refractivity contribution in [1.29, 1.82) is 5.26 Å². The fourth-order valence-corrected chi connectivity index (χ4v) is 3.84. The molecule has 0 aliphatic heterocycles. The molecule has 0 radical (unpaired) electrons. The van der Waals surface area contributed by atoms with Gasteiger partial charge >= 0.3 is 5.69 Å². The summed E-state index contributed by atoms with van der Waals surface area (Å²) in [7, 11) is 0. The highest BCUT2D eigenvalue weighted by Gasteiger charge is 2.23. The first-order valence-electron chi connectivity index (χ1n) is 10.1. The van der Waals surface area contributed by atoms with Gasteiger partial charge in [0, 0.05) is 18.2 Å². The fraction of sp³-hybridized carbons (Fsp3) is 0.0870. The van der Waals surface area contributed by atoms with E-state index in [1.165, 1.54) is 24.3 Å². The molecule has 0 heterocycles. The molecule has 0 aliphatic carbocycles. The van der Waals surface area contributed by atoms with E-state index in [2.05, 4.69) is 6.07 Å². The van der Waals surface area contributed by atoms with Gasteiger partial charge in [0.2, 0.25) is 5.75 Å². The van der Waals surface area contributed by atoms with Crippen molar-refractivity contribution in [3.05, 3.63) is 99.6 Å². The van der Waals surface area contributed by atoms with Crippen molar-refractivity contribution in [2.24, 2.45) is 0 Å². The number of nitro groups is 3.